The second-order valence-electron chi connectivity index (χ2n) is 6.98. The van der Waals surface area contributed by atoms with Gasteiger partial charge < -0.3 is 9.47 Å². The van der Waals surface area contributed by atoms with Gasteiger partial charge in [-0.15, -0.1) is 0 Å². The molecule has 0 saturated carbocycles. The van der Waals surface area contributed by atoms with Crippen molar-refractivity contribution in [3.63, 3.8) is 0 Å². The van der Waals surface area contributed by atoms with Crippen LogP contribution in [0.1, 0.15) is 12.5 Å². The van der Waals surface area contributed by atoms with Crippen LogP contribution in [0.15, 0.2) is 88.9 Å². The highest BCUT2D eigenvalue weighted by Crippen LogP contribution is 2.25. The highest BCUT2D eigenvalue weighted by molar-refractivity contribution is 7.92. The topological polar surface area (TPSA) is 97.3 Å². The minimum Gasteiger partial charge on any atom is -0.497 e. The van der Waals surface area contributed by atoms with E-state index in [2.05, 4.69) is 10.5 Å². The molecule has 172 valence electrons. The molecular weight excluding hydrogens is 442 g/mol. The molecule has 8 nitrogen and oxygen atoms in total. The lowest BCUT2D eigenvalue weighted by Gasteiger charge is -2.24. The van der Waals surface area contributed by atoms with Gasteiger partial charge in [-0.25, -0.2) is 13.8 Å². The van der Waals surface area contributed by atoms with Crippen molar-refractivity contribution in [2.24, 2.45) is 5.10 Å². The van der Waals surface area contributed by atoms with Crippen LogP contribution in [0.3, 0.4) is 0 Å². The Morgan fingerprint density at radius 2 is 1.42 bits per heavy atom. The number of hydrazone groups is 1. The van der Waals surface area contributed by atoms with Crippen molar-refractivity contribution in [1.29, 1.82) is 0 Å². The van der Waals surface area contributed by atoms with Gasteiger partial charge in [0.05, 0.1) is 30.5 Å². The van der Waals surface area contributed by atoms with E-state index in [1.165, 1.54) is 19.2 Å². The molecule has 1 amide bonds. The first-order valence-electron chi connectivity index (χ1n) is 10.0. The molecule has 3 rings (SSSR count). The maximum Gasteiger partial charge on any atom is 0.264 e. The Balaban J connectivity index is 1.83. The molecule has 0 saturated heterocycles. The minimum atomic E-state index is -4.00. The van der Waals surface area contributed by atoms with Crippen LogP contribution in [-0.4, -0.2) is 40.8 Å². The first kappa shape index (κ1) is 23.8. The van der Waals surface area contributed by atoms with Crippen molar-refractivity contribution in [1.82, 2.24) is 5.43 Å². The number of sulfonamides is 1. The first-order valence-corrected chi connectivity index (χ1v) is 11.5. The SMILES string of the molecule is COc1ccc(/C(C)=N\NC(=O)CN(c2ccc(OC)cc2)S(=O)(=O)c2ccccc2)cc1. The average molecular weight is 468 g/mol. The lowest BCUT2D eigenvalue weighted by molar-refractivity contribution is -0.119. The third-order valence-electron chi connectivity index (χ3n) is 4.83. The number of ether oxygens (including phenoxy) is 2. The van der Waals surface area contributed by atoms with E-state index in [0.29, 0.717) is 22.9 Å². The van der Waals surface area contributed by atoms with E-state index in [-0.39, 0.29) is 4.90 Å². The van der Waals surface area contributed by atoms with Crippen molar-refractivity contribution in [2.45, 2.75) is 11.8 Å². The van der Waals surface area contributed by atoms with Crippen molar-refractivity contribution in [2.75, 3.05) is 25.1 Å². The van der Waals surface area contributed by atoms with Gasteiger partial charge in [-0.1, -0.05) is 18.2 Å². The summed E-state index contributed by atoms with van der Waals surface area (Å²) in [5.74, 6) is 0.690. The molecule has 3 aromatic carbocycles. The van der Waals surface area contributed by atoms with E-state index >= 15 is 0 Å². The molecule has 0 aliphatic carbocycles. The number of nitrogens with one attached hydrogen (secondary N) is 1. The summed E-state index contributed by atoms with van der Waals surface area (Å²) in [6.07, 6.45) is 0. The number of hydrogen-bond donors (Lipinski definition) is 1. The van der Waals surface area contributed by atoms with Gasteiger partial charge >= 0.3 is 0 Å². The van der Waals surface area contributed by atoms with Crippen LogP contribution in [-0.2, 0) is 14.8 Å². The summed E-state index contributed by atoms with van der Waals surface area (Å²) >= 11 is 0. The summed E-state index contributed by atoms with van der Waals surface area (Å²) in [5, 5.41) is 4.11. The monoisotopic (exact) mass is 467 g/mol. The van der Waals surface area contributed by atoms with Crippen LogP contribution in [0.4, 0.5) is 5.69 Å². The molecule has 0 aliphatic rings. The third-order valence-corrected chi connectivity index (χ3v) is 6.62. The maximum absolute atomic E-state index is 13.3. The Kier molecular flexibility index (Phi) is 7.68. The van der Waals surface area contributed by atoms with Crippen LogP contribution in [0.25, 0.3) is 0 Å². The molecule has 0 unspecified atom stereocenters. The maximum atomic E-state index is 13.3. The van der Waals surface area contributed by atoms with Gasteiger partial charge in [0, 0.05) is 0 Å². The van der Waals surface area contributed by atoms with Gasteiger partial charge in [-0.2, -0.15) is 5.10 Å². The number of rotatable bonds is 9. The van der Waals surface area contributed by atoms with Gasteiger partial charge in [-0.3, -0.25) is 9.10 Å². The molecule has 33 heavy (non-hydrogen) atoms. The highest BCUT2D eigenvalue weighted by Gasteiger charge is 2.27. The number of amides is 1. The Labute approximate surface area is 193 Å². The van der Waals surface area contributed by atoms with Gasteiger partial charge in [0.1, 0.15) is 18.0 Å². The molecule has 9 heteroatoms. The van der Waals surface area contributed by atoms with E-state index in [1.54, 1.807) is 68.6 Å². The minimum absolute atomic E-state index is 0.0755. The summed E-state index contributed by atoms with van der Waals surface area (Å²) < 4.78 is 37.9. The van der Waals surface area contributed by atoms with E-state index in [1.807, 2.05) is 12.1 Å². The quantitative estimate of drug-likeness (QED) is 0.384. The molecule has 0 aliphatic heterocycles. The van der Waals surface area contributed by atoms with Crippen molar-refractivity contribution in [3.05, 3.63) is 84.4 Å². The van der Waals surface area contributed by atoms with Crippen molar-refractivity contribution in [3.8, 4) is 11.5 Å². The molecule has 1 N–H and O–H groups in total. The zero-order chi connectivity index (χ0) is 23.8. The van der Waals surface area contributed by atoms with E-state index in [4.69, 9.17) is 9.47 Å². The van der Waals surface area contributed by atoms with Crippen molar-refractivity contribution < 1.29 is 22.7 Å². The Hall–Kier alpha value is -3.85. The molecule has 0 fully saturated rings. The lowest BCUT2D eigenvalue weighted by atomic mass is 10.1. The van der Waals surface area contributed by atoms with Crippen LogP contribution in [0, 0.1) is 0 Å². The van der Waals surface area contributed by atoms with Crippen molar-refractivity contribution >= 4 is 27.3 Å². The number of carbonyl (C=O) groups is 1. The van der Waals surface area contributed by atoms with E-state index in [9.17, 15) is 13.2 Å². The molecule has 0 bridgehead atoms. The Morgan fingerprint density at radius 1 is 0.879 bits per heavy atom. The fourth-order valence-corrected chi connectivity index (χ4v) is 4.43. The zero-order valence-electron chi connectivity index (χ0n) is 18.6. The Bertz CT molecular complexity index is 1210. The fraction of sp³-hybridized carbons (Fsp3) is 0.167. The molecule has 3 aromatic rings. The van der Waals surface area contributed by atoms with Gasteiger partial charge in [0.2, 0.25) is 0 Å². The van der Waals surface area contributed by atoms with Crippen LogP contribution in [0.2, 0.25) is 0 Å². The van der Waals surface area contributed by atoms with E-state index in [0.717, 1.165) is 9.87 Å². The number of methoxy groups -OCH3 is 2. The smallest absolute Gasteiger partial charge is 0.264 e. The van der Waals surface area contributed by atoms with E-state index < -0.39 is 22.5 Å². The normalized spacial score (nSPS) is 11.5. The molecular formula is C24H25N3O5S. The van der Waals surface area contributed by atoms with Crippen LogP contribution >= 0.6 is 0 Å². The predicted molar refractivity (Wildman–Crippen MR) is 127 cm³/mol. The summed E-state index contributed by atoms with van der Waals surface area (Å²) in [6.45, 7) is 1.28. The molecule has 0 radical (unpaired) electrons. The zero-order valence-corrected chi connectivity index (χ0v) is 19.4. The Morgan fingerprint density at radius 3 is 1.97 bits per heavy atom. The number of hydrogen-bond acceptors (Lipinski definition) is 6. The largest absolute Gasteiger partial charge is 0.497 e. The second kappa shape index (κ2) is 10.6. The predicted octanol–water partition coefficient (Wildman–Crippen LogP) is 3.44. The second-order valence-corrected chi connectivity index (χ2v) is 8.85. The third kappa shape index (κ3) is 5.89. The summed E-state index contributed by atoms with van der Waals surface area (Å²) in [4.78, 5) is 12.8. The highest BCUT2D eigenvalue weighted by atomic mass is 32.2. The number of benzene rings is 3. The molecule has 0 aromatic heterocycles. The van der Waals surface area contributed by atoms with Gasteiger partial charge in [-0.05, 0) is 73.2 Å². The van der Waals surface area contributed by atoms with Gasteiger partial charge in [0.25, 0.3) is 15.9 Å². The number of carbonyl (C=O) groups excluding carboxylic acids is 1. The van der Waals surface area contributed by atoms with Crippen LogP contribution < -0.4 is 19.2 Å². The molecule has 0 heterocycles. The summed E-state index contributed by atoms with van der Waals surface area (Å²) in [6, 6.07) is 21.6. The molecule has 0 atom stereocenters. The summed E-state index contributed by atoms with van der Waals surface area (Å²) in [7, 11) is -0.902. The first-order chi connectivity index (χ1) is 15.8. The standard InChI is InChI=1S/C24H25N3O5S/c1-18(19-9-13-21(31-2)14-10-19)25-26-24(28)17-27(20-11-15-22(32-3)16-12-20)33(29,30)23-7-5-4-6-8-23/h4-16H,17H2,1-3H3,(H,26,28)/b25-18-. The number of anilines is 1. The molecule has 0 spiro atoms. The number of nitrogens with zero attached hydrogens (tertiary/aromatic N) is 2. The van der Waals surface area contributed by atoms with Gasteiger partial charge in [0.15, 0.2) is 0 Å². The fourth-order valence-electron chi connectivity index (χ4n) is 2.99. The summed E-state index contributed by atoms with van der Waals surface area (Å²) in [5.41, 5.74) is 4.12. The lowest BCUT2D eigenvalue weighted by Crippen LogP contribution is -2.39. The average Bonchev–Trinajstić information content (AvgIpc) is 2.86. The van der Waals surface area contributed by atoms with Crippen LogP contribution in [0.5, 0.6) is 11.5 Å².